The van der Waals surface area contributed by atoms with E-state index in [1.165, 1.54) is 12.1 Å². The maximum Gasteiger partial charge on any atom is 0.429 e. The number of nitrogens with one attached hydrogen (secondary N) is 1. The van der Waals surface area contributed by atoms with Crippen LogP contribution in [0.15, 0.2) is 29.3 Å². The quantitative estimate of drug-likeness (QED) is 0.578. The van der Waals surface area contributed by atoms with E-state index in [4.69, 9.17) is 0 Å². The van der Waals surface area contributed by atoms with Crippen LogP contribution in [0.4, 0.5) is 4.79 Å². The minimum absolute atomic E-state index is 0.481. The number of aliphatic imine (C=N–C) groups is 1. The maximum atomic E-state index is 11.1. The lowest BCUT2D eigenvalue weighted by Crippen LogP contribution is -2.41. The van der Waals surface area contributed by atoms with Crippen molar-refractivity contribution < 1.29 is 9.53 Å². The van der Waals surface area contributed by atoms with Crippen molar-refractivity contribution >= 4 is 12.3 Å². The van der Waals surface area contributed by atoms with Crippen molar-refractivity contribution in [1.29, 1.82) is 0 Å². The number of carbonyl (C=O) groups is 1. The van der Waals surface area contributed by atoms with Crippen molar-refractivity contribution in [3.63, 3.8) is 0 Å². The van der Waals surface area contributed by atoms with E-state index in [0.29, 0.717) is 5.82 Å². The molecule has 1 N–H and O–H groups in total. The fraction of sp³-hybridized carbons (Fsp3) is 0.143. The number of fused-ring (bicyclic) bond motifs is 1. The highest BCUT2D eigenvalue weighted by Crippen LogP contribution is 2.15. The number of nitrogens with zero attached hydrogens (tertiary/aromatic N) is 3. The summed E-state index contributed by atoms with van der Waals surface area (Å²) in [5.41, 5.74) is 2.74. The van der Waals surface area contributed by atoms with E-state index in [1.807, 2.05) is 0 Å². The zero-order chi connectivity index (χ0) is 9.26. The van der Waals surface area contributed by atoms with Crippen LogP contribution in [0.1, 0.15) is 0 Å². The largest absolute Gasteiger partial charge is 0.452 e. The van der Waals surface area contributed by atoms with Gasteiger partial charge in [0.15, 0.2) is 5.82 Å². The molecular formula is C7H8N4O2. The average molecular weight is 180 g/mol. The third-order valence-corrected chi connectivity index (χ3v) is 1.61. The number of carbonyl (C=O) groups excluding carboxylic acids is 1. The molecule has 68 valence electrons. The molecule has 6 heteroatoms. The number of ether oxygens (including phenoxy) is 1. The van der Waals surface area contributed by atoms with Gasteiger partial charge < -0.3 is 4.74 Å². The first-order chi connectivity index (χ1) is 6.31. The van der Waals surface area contributed by atoms with Crippen LogP contribution in [0.5, 0.6) is 0 Å². The molecule has 6 nitrogen and oxygen atoms in total. The molecule has 1 amide bonds. The van der Waals surface area contributed by atoms with Crippen molar-refractivity contribution in [3.8, 4) is 0 Å². The Hall–Kier alpha value is -1.82. The average Bonchev–Trinajstić information content (AvgIpc) is 2.59. The molecule has 2 aliphatic heterocycles. The number of hydrogen-bond donors (Lipinski definition) is 1. The second-order valence-electron chi connectivity index (χ2n) is 2.42. The van der Waals surface area contributed by atoms with E-state index in [-0.39, 0.29) is 0 Å². The molecule has 0 bridgehead atoms. The monoisotopic (exact) mass is 180 g/mol. The Kier molecular flexibility index (Phi) is 1.75. The van der Waals surface area contributed by atoms with Gasteiger partial charge in [0.1, 0.15) is 0 Å². The molecule has 0 spiro atoms. The first-order valence-electron chi connectivity index (χ1n) is 3.66. The van der Waals surface area contributed by atoms with Gasteiger partial charge in [-0.1, -0.05) is 0 Å². The molecule has 0 atom stereocenters. The Balaban J connectivity index is 2.15. The predicted molar refractivity (Wildman–Crippen MR) is 44.9 cm³/mol. The number of amides is 1. The van der Waals surface area contributed by atoms with E-state index < -0.39 is 6.09 Å². The molecule has 0 fully saturated rings. The number of hydrazine groups is 2. The summed E-state index contributed by atoms with van der Waals surface area (Å²) in [7, 11) is 1.32. The van der Waals surface area contributed by atoms with Gasteiger partial charge in [-0.05, 0) is 6.08 Å². The minimum atomic E-state index is -0.481. The number of hydrogen-bond acceptors (Lipinski definition) is 5. The molecule has 0 aromatic carbocycles. The molecule has 0 aromatic heterocycles. The molecule has 0 unspecified atom stereocenters. The minimum Gasteiger partial charge on any atom is -0.452 e. The van der Waals surface area contributed by atoms with Crippen LogP contribution >= 0.6 is 0 Å². The molecule has 2 aliphatic rings. The molecule has 0 radical (unpaired) electrons. The van der Waals surface area contributed by atoms with Crippen LogP contribution in [0, 0.1) is 0 Å². The lowest BCUT2D eigenvalue weighted by molar-refractivity contribution is 0.103. The van der Waals surface area contributed by atoms with Gasteiger partial charge in [-0.3, -0.25) is 0 Å². The topological polar surface area (TPSA) is 57.2 Å². The van der Waals surface area contributed by atoms with Gasteiger partial charge in [0.25, 0.3) is 0 Å². The van der Waals surface area contributed by atoms with Crippen molar-refractivity contribution in [3.05, 3.63) is 24.3 Å². The highest BCUT2D eigenvalue weighted by atomic mass is 16.5. The van der Waals surface area contributed by atoms with Crippen molar-refractivity contribution in [2.24, 2.45) is 4.99 Å². The third-order valence-electron chi connectivity index (χ3n) is 1.61. The zero-order valence-electron chi connectivity index (χ0n) is 6.97. The smallest absolute Gasteiger partial charge is 0.429 e. The van der Waals surface area contributed by atoms with Gasteiger partial charge in [0, 0.05) is 12.4 Å². The fourth-order valence-electron chi connectivity index (χ4n) is 1.01. The van der Waals surface area contributed by atoms with Crippen molar-refractivity contribution in [2.75, 3.05) is 7.11 Å². The summed E-state index contributed by atoms with van der Waals surface area (Å²) in [5.74, 6) is 0.646. The van der Waals surface area contributed by atoms with Gasteiger partial charge in [-0.2, -0.15) is 5.01 Å². The van der Waals surface area contributed by atoms with E-state index in [2.05, 4.69) is 15.3 Å². The molecule has 0 saturated heterocycles. The number of allylic oxidation sites excluding steroid dienone is 1. The van der Waals surface area contributed by atoms with Gasteiger partial charge in [-0.25, -0.2) is 14.8 Å². The van der Waals surface area contributed by atoms with E-state index >= 15 is 0 Å². The third kappa shape index (κ3) is 1.27. The maximum absolute atomic E-state index is 11.1. The normalized spacial score (nSPS) is 18.7. The van der Waals surface area contributed by atoms with E-state index in [9.17, 15) is 4.79 Å². The summed E-state index contributed by atoms with van der Waals surface area (Å²) >= 11 is 0. The van der Waals surface area contributed by atoms with Crippen LogP contribution in [-0.4, -0.2) is 29.4 Å². The molecule has 13 heavy (non-hydrogen) atoms. The molecule has 0 aromatic rings. The van der Waals surface area contributed by atoms with Gasteiger partial charge >= 0.3 is 6.09 Å². The standard InChI is InChI=1S/C7H8N4O2/c1-13-7(12)11-5-6-8-3-2-4-10(6)9-11/h2-5,9H,1H3. The second kappa shape index (κ2) is 2.91. The van der Waals surface area contributed by atoms with Crippen LogP contribution in [0.3, 0.4) is 0 Å². The highest BCUT2D eigenvalue weighted by Gasteiger charge is 2.24. The summed E-state index contributed by atoms with van der Waals surface area (Å²) in [6, 6.07) is 0. The lowest BCUT2D eigenvalue weighted by atomic mass is 10.5. The number of rotatable bonds is 0. The van der Waals surface area contributed by atoms with Crippen LogP contribution in [-0.2, 0) is 4.74 Å². The first kappa shape index (κ1) is 7.81. The SMILES string of the molecule is COC(=O)N1C=C2N=CC=CN2N1. The summed E-state index contributed by atoms with van der Waals surface area (Å²) in [6.45, 7) is 0. The Morgan fingerprint density at radius 2 is 2.54 bits per heavy atom. The molecule has 2 rings (SSSR count). The lowest BCUT2D eigenvalue weighted by Gasteiger charge is -2.18. The second-order valence-corrected chi connectivity index (χ2v) is 2.42. The fourth-order valence-corrected chi connectivity index (χ4v) is 1.01. The molecular weight excluding hydrogens is 172 g/mol. The Bertz CT molecular complexity index is 320. The summed E-state index contributed by atoms with van der Waals surface area (Å²) in [5, 5.41) is 2.82. The van der Waals surface area contributed by atoms with Crippen molar-refractivity contribution in [1.82, 2.24) is 15.6 Å². The number of methoxy groups -OCH3 is 1. The molecule has 0 aliphatic carbocycles. The molecule has 0 saturated carbocycles. The van der Waals surface area contributed by atoms with Crippen LogP contribution in [0.2, 0.25) is 0 Å². The Morgan fingerprint density at radius 3 is 3.23 bits per heavy atom. The van der Waals surface area contributed by atoms with E-state index in [1.54, 1.807) is 29.7 Å². The van der Waals surface area contributed by atoms with Crippen LogP contribution in [0.25, 0.3) is 0 Å². The van der Waals surface area contributed by atoms with Crippen molar-refractivity contribution in [2.45, 2.75) is 0 Å². The zero-order valence-corrected chi connectivity index (χ0v) is 6.97. The Morgan fingerprint density at radius 1 is 1.69 bits per heavy atom. The summed E-state index contributed by atoms with van der Waals surface area (Å²) in [6.07, 6.45) is 6.22. The summed E-state index contributed by atoms with van der Waals surface area (Å²) < 4.78 is 4.52. The molecule has 2 heterocycles. The predicted octanol–water partition coefficient (Wildman–Crippen LogP) is 0.187. The Labute approximate surface area is 74.7 Å². The summed E-state index contributed by atoms with van der Waals surface area (Å²) in [4.78, 5) is 15.1. The van der Waals surface area contributed by atoms with Gasteiger partial charge in [-0.15, -0.1) is 5.53 Å². The van der Waals surface area contributed by atoms with Gasteiger partial charge in [0.05, 0.1) is 13.3 Å². The highest BCUT2D eigenvalue weighted by molar-refractivity contribution is 5.74. The first-order valence-corrected chi connectivity index (χ1v) is 3.66. The van der Waals surface area contributed by atoms with E-state index in [0.717, 1.165) is 0 Å². The van der Waals surface area contributed by atoms with Crippen LogP contribution < -0.4 is 5.53 Å². The van der Waals surface area contributed by atoms with Gasteiger partial charge in [0.2, 0.25) is 0 Å².